The molecule has 0 fully saturated rings. The number of hydrogen-bond donors (Lipinski definition) is 3. The average Bonchev–Trinajstić information content (AvgIpc) is 2.46. The molecule has 1 heterocycles. The summed E-state index contributed by atoms with van der Waals surface area (Å²) in [5.74, 6) is 0.496. The molecule has 2 rings (SSSR count). The summed E-state index contributed by atoms with van der Waals surface area (Å²) in [5, 5.41) is 29.7. The zero-order valence-electron chi connectivity index (χ0n) is 15.0. The van der Waals surface area contributed by atoms with Gasteiger partial charge in [0, 0.05) is 0 Å². The molecule has 0 saturated heterocycles. The van der Waals surface area contributed by atoms with Crippen LogP contribution in [-0.4, -0.2) is 20.9 Å². The molecule has 4 nitrogen and oxygen atoms in total. The predicted molar refractivity (Wildman–Crippen MR) is 96.0 cm³/mol. The lowest BCUT2D eigenvalue weighted by Crippen LogP contribution is -2.32. The third kappa shape index (κ3) is 4.00. The maximum Gasteiger partial charge on any atom is 0.182 e. The number of benzene rings is 1. The van der Waals surface area contributed by atoms with Crippen LogP contribution in [0.2, 0.25) is 0 Å². The molecule has 3 N–H and O–H groups in total. The summed E-state index contributed by atoms with van der Waals surface area (Å²) < 4.78 is 6.16. The van der Waals surface area contributed by atoms with Crippen LogP contribution >= 0.6 is 0 Å². The van der Waals surface area contributed by atoms with Crippen LogP contribution in [0.15, 0.2) is 23.8 Å². The van der Waals surface area contributed by atoms with Crippen molar-refractivity contribution < 1.29 is 20.1 Å². The monoisotopic (exact) mass is 332 g/mol. The largest absolute Gasteiger partial charge is 0.507 e. The lowest BCUT2D eigenvalue weighted by atomic mass is 9.91. The number of ether oxygens (including phenoxy) is 1. The van der Waals surface area contributed by atoms with E-state index >= 15 is 0 Å². The lowest BCUT2D eigenvalue weighted by molar-refractivity contribution is -0.0446. The molecule has 0 saturated carbocycles. The molecule has 1 aliphatic heterocycles. The Morgan fingerprint density at radius 3 is 2.62 bits per heavy atom. The maximum atomic E-state index is 10.5. The van der Waals surface area contributed by atoms with E-state index in [1.165, 1.54) is 5.57 Å². The van der Waals surface area contributed by atoms with Crippen LogP contribution in [0.25, 0.3) is 6.08 Å². The topological polar surface area (TPSA) is 69.9 Å². The second-order valence-corrected chi connectivity index (χ2v) is 6.90. The molecule has 1 aromatic rings. The van der Waals surface area contributed by atoms with Crippen molar-refractivity contribution in [3.8, 4) is 11.5 Å². The minimum absolute atomic E-state index is 0.103. The van der Waals surface area contributed by atoms with Crippen LogP contribution in [0.3, 0.4) is 0 Å². The fourth-order valence-electron chi connectivity index (χ4n) is 3.06. The van der Waals surface area contributed by atoms with E-state index in [1.807, 2.05) is 32.1 Å². The summed E-state index contributed by atoms with van der Waals surface area (Å²) in [6.45, 7) is 8.18. The van der Waals surface area contributed by atoms with Gasteiger partial charge in [-0.05, 0) is 63.8 Å². The number of allylic oxidation sites excluding steroid dienone is 2. The standard InChI is InChI=1S/C20H28O4/c1-5-7-14-12-16-15(18(21)17(14)19(22)23)9-11-20(4,24-16)10-6-8-13(2)3/h8-9,11-12,19,21-23H,5-7,10H2,1-4H3. The number of aryl methyl sites for hydroxylation is 1. The number of rotatable bonds is 6. The molecule has 0 amide bonds. The maximum absolute atomic E-state index is 10.5. The van der Waals surface area contributed by atoms with Crippen LogP contribution in [0.1, 0.15) is 69.9 Å². The average molecular weight is 332 g/mol. The Morgan fingerprint density at radius 2 is 2.04 bits per heavy atom. The number of aliphatic hydroxyl groups excluding tert-OH is 1. The number of fused-ring (bicyclic) bond motifs is 1. The van der Waals surface area contributed by atoms with Crippen molar-refractivity contribution in [1.82, 2.24) is 0 Å². The summed E-state index contributed by atoms with van der Waals surface area (Å²) in [7, 11) is 0. The molecule has 4 heteroatoms. The summed E-state index contributed by atoms with van der Waals surface area (Å²) >= 11 is 0. The summed E-state index contributed by atoms with van der Waals surface area (Å²) in [5.41, 5.74) is 2.25. The SMILES string of the molecule is CCCc1cc2c(c(O)c1C(O)O)C=CC(C)(CCC=C(C)C)O2. The van der Waals surface area contributed by atoms with Crippen molar-refractivity contribution in [2.45, 2.75) is 65.3 Å². The normalized spacial score (nSPS) is 19.1. The first-order chi connectivity index (χ1) is 11.3. The highest BCUT2D eigenvalue weighted by molar-refractivity contribution is 5.70. The zero-order chi connectivity index (χ0) is 17.9. The van der Waals surface area contributed by atoms with Gasteiger partial charge in [0.15, 0.2) is 6.29 Å². The Morgan fingerprint density at radius 1 is 1.33 bits per heavy atom. The first-order valence-corrected chi connectivity index (χ1v) is 8.54. The van der Waals surface area contributed by atoms with E-state index in [1.54, 1.807) is 0 Å². The Kier molecular flexibility index (Phi) is 5.73. The molecule has 1 aromatic carbocycles. The fraction of sp³-hybridized carbons (Fsp3) is 0.500. The van der Waals surface area contributed by atoms with Gasteiger partial charge < -0.3 is 20.1 Å². The quantitative estimate of drug-likeness (QED) is 0.538. The smallest absolute Gasteiger partial charge is 0.182 e. The van der Waals surface area contributed by atoms with Gasteiger partial charge in [-0.3, -0.25) is 0 Å². The molecule has 0 spiro atoms. The van der Waals surface area contributed by atoms with E-state index < -0.39 is 11.9 Å². The van der Waals surface area contributed by atoms with E-state index in [4.69, 9.17) is 4.74 Å². The third-order valence-corrected chi connectivity index (χ3v) is 4.34. The Hall–Kier alpha value is -1.78. The fourth-order valence-corrected chi connectivity index (χ4v) is 3.06. The number of aromatic hydroxyl groups is 1. The Balaban J connectivity index is 2.37. The van der Waals surface area contributed by atoms with Gasteiger partial charge >= 0.3 is 0 Å². The molecule has 24 heavy (non-hydrogen) atoms. The zero-order valence-corrected chi connectivity index (χ0v) is 15.0. The van der Waals surface area contributed by atoms with Gasteiger partial charge in [-0.25, -0.2) is 0 Å². The van der Waals surface area contributed by atoms with E-state index in [9.17, 15) is 15.3 Å². The molecule has 0 radical (unpaired) electrons. The molecule has 0 aromatic heterocycles. The molecular formula is C20H28O4. The highest BCUT2D eigenvalue weighted by Gasteiger charge is 2.30. The number of phenols is 1. The van der Waals surface area contributed by atoms with Gasteiger partial charge in [-0.2, -0.15) is 0 Å². The van der Waals surface area contributed by atoms with Crippen LogP contribution in [-0.2, 0) is 6.42 Å². The second kappa shape index (κ2) is 7.41. The van der Waals surface area contributed by atoms with E-state index in [2.05, 4.69) is 19.9 Å². The number of hydrogen-bond acceptors (Lipinski definition) is 4. The number of phenolic OH excluding ortho intramolecular Hbond substituents is 1. The minimum Gasteiger partial charge on any atom is -0.507 e. The van der Waals surface area contributed by atoms with Gasteiger partial charge in [0.05, 0.1) is 11.1 Å². The van der Waals surface area contributed by atoms with Gasteiger partial charge in [0.25, 0.3) is 0 Å². The second-order valence-electron chi connectivity index (χ2n) is 6.90. The molecule has 1 aliphatic rings. The highest BCUT2D eigenvalue weighted by atomic mass is 16.5. The third-order valence-electron chi connectivity index (χ3n) is 4.34. The van der Waals surface area contributed by atoms with E-state index in [0.717, 1.165) is 19.3 Å². The predicted octanol–water partition coefficient (Wildman–Crippen LogP) is 4.24. The first kappa shape index (κ1) is 18.6. The summed E-state index contributed by atoms with van der Waals surface area (Å²) in [4.78, 5) is 0. The van der Waals surface area contributed by atoms with E-state index in [0.29, 0.717) is 23.3 Å². The minimum atomic E-state index is -1.70. The lowest BCUT2D eigenvalue weighted by Gasteiger charge is -2.33. The van der Waals surface area contributed by atoms with Crippen molar-refractivity contribution in [3.05, 3.63) is 40.5 Å². The molecule has 0 aliphatic carbocycles. The number of aliphatic hydroxyl groups is 2. The summed E-state index contributed by atoms with van der Waals surface area (Å²) in [6, 6.07) is 1.83. The molecular weight excluding hydrogens is 304 g/mol. The van der Waals surface area contributed by atoms with Gasteiger partial charge in [0.1, 0.15) is 17.1 Å². The molecule has 1 unspecified atom stereocenters. The van der Waals surface area contributed by atoms with Gasteiger partial charge in [-0.15, -0.1) is 0 Å². The molecule has 1 atom stereocenters. The Labute approximate surface area is 144 Å². The van der Waals surface area contributed by atoms with Crippen molar-refractivity contribution in [1.29, 1.82) is 0 Å². The van der Waals surface area contributed by atoms with Crippen molar-refractivity contribution in [3.63, 3.8) is 0 Å². The molecule has 132 valence electrons. The van der Waals surface area contributed by atoms with Crippen LogP contribution in [0.5, 0.6) is 11.5 Å². The molecule has 0 bridgehead atoms. The van der Waals surface area contributed by atoms with Gasteiger partial charge in [0.2, 0.25) is 0 Å². The van der Waals surface area contributed by atoms with Gasteiger partial charge in [-0.1, -0.05) is 25.0 Å². The van der Waals surface area contributed by atoms with E-state index in [-0.39, 0.29) is 11.3 Å². The van der Waals surface area contributed by atoms with Crippen LogP contribution in [0.4, 0.5) is 0 Å². The van der Waals surface area contributed by atoms with Crippen LogP contribution in [0, 0.1) is 0 Å². The van der Waals surface area contributed by atoms with Crippen molar-refractivity contribution in [2.75, 3.05) is 0 Å². The Bertz CT molecular complexity index is 654. The highest BCUT2D eigenvalue weighted by Crippen LogP contribution is 2.43. The van der Waals surface area contributed by atoms with Crippen LogP contribution < -0.4 is 4.74 Å². The first-order valence-electron chi connectivity index (χ1n) is 8.54. The summed E-state index contributed by atoms with van der Waals surface area (Å²) in [6.07, 6.45) is 7.47. The van der Waals surface area contributed by atoms with Crippen molar-refractivity contribution in [2.24, 2.45) is 0 Å². The van der Waals surface area contributed by atoms with Crippen molar-refractivity contribution >= 4 is 6.08 Å².